The van der Waals surface area contributed by atoms with E-state index < -0.39 is 0 Å². The monoisotopic (exact) mass is 240 g/mol. The lowest BCUT2D eigenvalue weighted by atomic mass is 9.96. The number of hydrogen-bond acceptors (Lipinski definition) is 5. The van der Waals surface area contributed by atoms with Gasteiger partial charge in [0.05, 0.1) is 6.54 Å². The summed E-state index contributed by atoms with van der Waals surface area (Å²) >= 11 is 0. The van der Waals surface area contributed by atoms with Gasteiger partial charge in [-0.05, 0) is 33.6 Å². The second-order valence-electron chi connectivity index (χ2n) is 5.46. The molecule has 0 bridgehead atoms. The molecule has 0 aliphatic heterocycles. The molecule has 0 amide bonds. The van der Waals surface area contributed by atoms with Crippen LogP contribution in [0.4, 0.5) is 0 Å². The summed E-state index contributed by atoms with van der Waals surface area (Å²) in [6, 6.07) is 0. The molecule has 1 rings (SSSR count). The van der Waals surface area contributed by atoms with Crippen LogP contribution in [0.5, 0.6) is 0 Å². The molecule has 5 heteroatoms. The Morgan fingerprint density at radius 1 is 1.35 bits per heavy atom. The van der Waals surface area contributed by atoms with Crippen molar-refractivity contribution in [1.29, 1.82) is 0 Å². The first-order valence-corrected chi connectivity index (χ1v) is 6.09. The van der Waals surface area contributed by atoms with Crippen molar-refractivity contribution in [2.75, 3.05) is 27.2 Å². The molecular weight excluding hydrogens is 216 g/mol. The van der Waals surface area contributed by atoms with Crippen molar-refractivity contribution in [3.05, 3.63) is 11.7 Å². The Labute approximate surface area is 104 Å². The standard InChI is InChI=1S/C12H24N4O/c1-12(2,3)11-14-10(17-15-11)9-16(5)8-6-7-13-4/h13H,6-9H2,1-5H3. The minimum atomic E-state index is -0.0492. The summed E-state index contributed by atoms with van der Waals surface area (Å²) < 4.78 is 5.25. The molecule has 0 unspecified atom stereocenters. The summed E-state index contributed by atoms with van der Waals surface area (Å²) in [5.74, 6) is 1.47. The van der Waals surface area contributed by atoms with Gasteiger partial charge in [-0.1, -0.05) is 25.9 Å². The Morgan fingerprint density at radius 3 is 2.59 bits per heavy atom. The number of hydrogen-bond donors (Lipinski definition) is 1. The fourth-order valence-electron chi connectivity index (χ4n) is 1.46. The van der Waals surface area contributed by atoms with Gasteiger partial charge >= 0.3 is 0 Å². The summed E-state index contributed by atoms with van der Waals surface area (Å²) in [6.45, 7) is 9.01. The van der Waals surface area contributed by atoms with Crippen molar-refractivity contribution >= 4 is 0 Å². The minimum Gasteiger partial charge on any atom is -0.338 e. The Balaban J connectivity index is 2.43. The normalized spacial score (nSPS) is 12.4. The third-order valence-corrected chi connectivity index (χ3v) is 2.51. The molecule has 98 valence electrons. The van der Waals surface area contributed by atoms with Crippen molar-refractivity contribution < 1.29 is 4.52 Å². The molecule has 1 aromatic rings. The van der Waals surface area contributed by atoms with Gasteiger partial charge < -0.3 is 9.84 Å². The van der Waals surface area contributed by atoms with Gasteiger partial charge in [-0.15, -0.1) is 0 Å². The SMILES string of the molecule is CNCCCN(C)Cc1nc(C(C)(C)C)no1. The third kappa shape index (κ3) is 4.83. The fourth-order valence-corrected chi connectivity index (χ4v) is 1.46. The first kappa shape index (κ1) is 14.1. The van der Waals surface area contributed by atoms with Crippen LogP contribution in [0.2, 0.25) is 0 Å². The van der Waals surface area contributed by atoms with E-state index in [1.807, 2.05) is 7.05 Å². The number of nitrogens with zero attached hydrogens (tertiary/aromatic N) is 3. The summed E-state index contributed by atoms with van der Waals surface area (Å²) in [5, 5.41) is 7.14. The van der Waals surface area contributed by atoms with E-state index in [9.17, 15) is 0 Å². The Kier molecular flexibility index (Phi) is 5.08. The second kappa shape index (κ2) is 6.12. The molecule has 0 radical (unpaired) electrons. The molecule has 0 fully saturated rings. The average molecular weight is 240 g/mol. The van der Waals surface area contributed by atoms with Crippen molar-refractivity contribution in [3.63, 3.8) is 0 Å². The van der Waals surface area contributed by atoms with Crippen molar-refractivity contribution in [1.82, 2.24) is 20.4 Å². The van der Waals surface area contributed by atoms with E-state index in [0.717, 1.165) is 25.3 Å². The second-order valence-corrected chi connectivity index (χ2v) is 5.46. The van der Waals surface area contributed by atoms with E-state index in [2.05, 4.69) is 48.2 Å². The zero-order valence-corrected chi connectivity index (χ0v) is 11.6. The highest BCUT2D eigenvalue weighted by molar-refractivity contribution is 4.99. The molecule has 1 heterocycles. The lowest BCUT2D eigenvalue weighted by Gasteiger charge is -2.13. The maximum absolute atomic E-state index is 5.25. The van der Waals surface area contributed by atoms with Gasteiger partial charge in [0.2, 0.25) is 5.89 Å². The van der Waals surface area contributed by atoms with E-state index in [1.165, 1.54) is 0 Å². The van der Waals surface area contributed by atoms with Crippen molar-refractivity contribution in [3.8, 4) is 0 Å². The molecule has 17 heavy (non-hydrogen) atoms. The minimum absolute atomic E-state index is 0.0492. The van der Waals surface area contributed by atoms with Gasteiger partial charge in [-0.2, -0.15) is 4.98 Å². The molecular formula is C12H24N4O. The summed E-state index contributed by atoms with van der Waals surface area (Å²) in [7, 11) is 4.03. The first-order valence-electron chi connectivity index (χ1n) is 6.09. The highest BCUT2D eigenvalue weighted by Gasteiger charge is 2.21. The Morgan fingerprint density at radius 2 is 2.06 bits per heavy atom. The first-order chi connectivity index (χ1) is 7.93. The van der Waals surface area contributed by atoms with Crippen LogP contribution in [0, 0.1) is 0 Å². The average Bonchev–Trinajstić information content (AvgIpc) is 2.66. The smallest absolute Gasteiger partial charge is 0.240 e. The molecule has 0 aliphatic rings. The molecule has 5 nitrogen and oxygen atoms in total. The molecule has 0 saturated carbocycles. The van der Waals surface area contributed by atoms with Crippen LogP contribution in [-0.4, -0.2) is 42.2 Å². The van der Waals surface area contributed by atoms with E-state index in [1.54, 1.807) is 0 Å². The van der Waals surface area contributed by atoms with Crippen LogP contribution in [0.15, 0.2) is 4.52 Å². The van der Waals surface area contributed by atoms with Crippen LogP contribution in [0.25, 0.3) is 0 Å². The largest absolute Gasteiger partial charge is 0.338 e. The highest BCUT2D eigenvalue weighted by atomic mass is 16.5. The lowest BCUT2D eigenvalue weighted by molar-refractivity contribution is 0.263. The summed E-state index contributed by atoms with van der Waals surface area (Å²) in [4.78, 5) is 6.61. The molecule has 0 atom stereocenters. The van der Waals surface area contributed by atoms with E-state index in [4.69, 9.17) is 4.52 Å². The number of aromatic nitrogens is 2. The lowest BCUT2D eigenvalue weighted by Crippen LogP contribution is -2.22. The maximum Gasteiger partial charge on any atom is 0.240 e. The zero-order chi connectivity index (χ0) is 12.9. The van der Waals surface area contributed by atoms with Gasteiger partial charge in [0, 0.05) is 5.41 Å². The van der Waals surface area contributed by atoms with E-state index in [-0.39, 0.29) is 5.41 Å². The Hall–Kier alpha value is -0.940. The van der Waals surface area contributed by atoms with Crippen LogP contribution >= 0.6 is 0 Å². The van der Waals surface area contributed by atoms with E-state index in [0.29, 0.717) is 12.4 Å². The number of rotatable bonds is 6. The quantitative estimate of drug-likeness (QED) is 0.762. The van der Waals surface area contributed by atoms with Crippen LogP contribution in [-0.2, 0) is 12.0 Å². The predicted octanol–water partition coefficient (Wildman–Crippen LogP) is 1.41. The molecule has 0 saturated heterocycles. The maximum atomic E-state index is 5.25. The topological polar surface area (TPSA) is 54.2 Å². The fraction of sp³-hybridized carbons (Fsp3) is 0.833. The highest BCUT2D eigenvalue weighted by Crippen LogP contribution is 2.18. The number of nitrogens with one attached hydrogen (secondary N) is 1. The summed E-state index contributed by atoms with van der Waals surface area (Å²) in [6.07, 6.45) is 1.12. The van der Waals surface area contributed by atoms with Crippen molar-refractivity contribution in [2.24, 2.45) is 0 Å². The Bertz CT molecular complexity index is 329. The van der Waals surface area contributed by atoms with Gasteiger partial charge in [0.1, 0.15) is 0 Å². The summed E-state index contributed by atoms with van der Waals surface area (Å²) in [5.41, 5.74) is -0.0492. The van der Waals surface area contributed by atoms with Crippen LogP contribution in [0.3, 0.4) is 0 Å². The van der Waals surface area contributed by atoms with Crippen molar-refractivity contribution in [2.45, 2.75) is 39.2 Å². The van der Waals surface area contributed by atoms with Crippen LogP contribution in [0.1, 0.15) is 38.9 Å². The zero-order valence-electron chi connectivity index (χ0n) is 11.6. The van der Waals surface area contributed by atoms with Gasteiger partial charge in [-0.25, -0.2) is 0 Å². The molecule has 0 spiro atoms. The molecule has 0 aliphatic carbocycles. The van der Waals surface area contributed by atoms with Gasteiger partial charge in [0.25, 0.3) is 0 Å². The molecule has 0 aromatic carbocycles. The van der Waals surface area contributed by atoms with Crippen LogP contribution < -0.4 is 5.32 Å². The molecule has 1 aromatic heterocycles. The van der Waals surface area contributed by atoms with Gasteiger partial charge in [-0.3, -0.25) is 4.90 Å². The van der Waals surface area contributed by atoms with E-state index >= 15 is 0 Å². The third-order valence-electron chi connectivity index (χ3n) is 2.51. The molecule has 1 N–H and O–H groups in total. The van der Waals surface area contributed by atoms with Gasteiger partial charge in [0.15, 0.2) is 5.82 Å². The predicted molar refractivity (Wildman–Crippen MR) is 67.9 cm³/mol.